The summed E-state index contributed by atoms with van der Waals surface area (Å²) >= 11 is 0. The smallest absolute Gasteiger partial charge is 0.416 e. The molecule has 2 N–H and O–H groups in total. The fourth-order valence-corrected chi connectivity index (χ4v) is 3.43. The summed E-state index contributed by atoms with van der Waals surface area (Å²) in [5, 5.41) is 8.13. The van der Waals surface area contributed by atoms with E-state index in [9.17, 15) is 13.2 Å². The highest BCUT2D eigenvalue weighted by molar-refractivity contribution is 5.77. The van der Waals surface area contributed by atoms with Gasteiger partial charge in [0.25, 0.3) is 0 Å². The van der Waals surface area contributed by atoms with E-state index >= 15 is 0 Å². The molecule has 2 aromatic carbocycles. The molecule has 0 bridgehead atoms. The van der Waals surface area contributed by atoms with Crippen LogP contribution >= 0.6 is 0 Å². The monoisotopic (exact) mass is 443 g/mol. The van der Waals surface area contributed by atoms with E-state index in [-0.39, 0.29) is 5.49 Å². The molecule has 166 valence electrons. The van der Waals surface area contributed by atoms with Crippen molar-refractivity contribution in [3.8, 4) is 22.9 Å². The normalized spacial score (nSPS) is 11.7. The molecule has 0 spiro atoms. The first kappa shape index (κ1) is 21.4. The molecule has 0 aliphatic heterocycles. The second-order valence-corrected chi connectivity index (χ2v) is 7.08. The molecule has 0 saturated carbocycles. The van der Waals surface area contributed by atoms with Gasteiger partial charge in [0.2, 0.25) is 0 Å². The summed E-state index contributed by atoms with van der Waals surface area (Å²) in [6.07, 6.45) is -2.59. The Morgan fingerprint density at radius 3 is 2.62 bits per heavy atom. The van der Waals surface area contributed by atoms with Crippen molar-refractivity contribution in [3.63, 3.8) is 0 Å². The Hall–Kier alpha value is -3.82. The van der Waals surface area contributed by atoms with Crippen LogP contribution < -0.4 is 15.0 Å². The highest BCUT2D eigenvalue weighted by Crippen LogP contribution is 2.32. The lowest BCUT2D eigenvalue weighted by Gasteiger charge is -2.10. The van der Waals surface area contributed by atoms with Gasteiger partial charge in [-0.1, -0.05) is 18.2 Å². The maximum atomic E-state index is 13.0. The minimum Gasteiger partial charge on any atom is -0.497 e. The topological polar surface area (TPSA) is 88.8 Å². The first-order valence-corrected chi connectivity index (χ1v) is 9.68. The number of rotatable bonds is 6. The molecule has 0 atom stereocenters. The van der Waals surface area contributed by atoms with E-state index in [0.29, 0.717) is 52.6 Å². The molecule has 4 aromatic rings. The Balaban J connectivity index is 1.70. The predicted molar refractivity (Wildman–Crippen MR) is 111 cm³/mol. The van der Waals surface area contributed by atoms with Crippen molar-refractivity contribution in [2.45, 2.75) is 19.1 Å². The van der Waals surface area contributed by atoms with E-state index in [0.717, 1.165) is 12.1 Å². The third-order valence-corrected chi connectivity index (χ3v) is 5.08. The molecule has 7 nitrogen and oxygen atoms in total. The number of hydrogen-bond donors (Lipinski definition) is 2. The molecule has 0 aliphatic rings. The molecular formula is C22H20F3N5O2. The number of fused-ring (bicyclic) bond motifs is 1. The van der Waals surface area contributed by atoms with Crippen LogP contribution in [-0.2, 0) is 19.1 Å². The summed E-state index contributed by atoms with van der Waals surface area (Å²) in [4.78, 5) is 11.8. The number of aryl methyl sites for hydroxylation is 2. The standard InChI is InChI=1S/C22H20F3N5O2/c1-31-15-6-7-17(32-2)16(11-15)20-28-18-19(26)27-12-30(21(18)29-20)9-8-13-4-3-5-14(10-13)22(23,24)25/h3-7,10-12,26H,8-9H2,1-2H3,(H,28,29). The van der Waals surface area contributed by atoms with Crippen molar-refractivity contribution < 1.29 is 22.6 Å². The van der Waals surface area contributed by atoms with Crippen LogP contribution in [0.15, 0.2) is 48.8 Å². The average Bonchev–Trinajstić information content (AvgIpc) is 3.24. The third kappa shape index (κ3) is 4.16. The number of imidazole rings is 1. The van der Waals surface area contributed by atoms with Gasteiger partial charge in [0.1, 0.15) is 22.8 Å². The molecule has 2 heterocycles. The molecule has 0 unspecified atom stereocenters. The second kappa shape index (κ2) is 8.37. The lowest BCUT2D eigenvalue weighted by atomic mass is 10.1. The fraction of sp³-hybridized carbons (Fsp3) is 0.227. The lowest BCUT2D eigenvalue weighted by molar-refractivity contribution is -0.137. The molecule has 0 radical (unpaired) electrons. The van der Waals surface area contributed by atoms with Crippen molar-refractivity contribution in [1.82, 2.24) is 19.5 Å². The van der Waals surface area contributed by atoms with Gasteiger partial charge < -0.3 is 19.0 Å². The zero-order valence-electron chi connectivity index (χ0n) is 17.3. The highest BCUT2D eigenvalue weighted by atomic mass is 19.4. The van der Waals surface area contributed by atoms with Gasteiger partial charge >= 0.3 is 6.18 Å². The molecule has 10 heteroatoms. The molecule has 2 aromatic heterocycles. The second-order valence-electron chi connectivity index (χ2n) is 7.08. The van der Waals surface area contributed by atoms with Crippen LogP contribution in [0.2, 0.25) is 0 Å². The van der Waals surface area contributed by atoms with Gasteiger partial charge in [0.05, 0.1) is 31.7 Å². The molecule has 0 fully saturated rings. The first-order chi connectivity index (χ1) is 15.3. The van der Waals surface area contributed by atoms with Crippen LogP contribution in [0.5, 0.6) is 11.5 Å². The number of benzene rings is 2. The van der Waals surface area contributed by atoms with Gasteiger partial charge in [0, 0.05) is 6.54 Å². The van der Waals surface area contributed by atoms with Crippen molar-refractivity contribution >= 4 is 11.2 Å². The van der Waals surface area contributed by atoms with E-state index in [2.05, 4.69) is 15.0 Å². The van der Waals surface area contributed by atoms with E-state index < -0.39 is 11.7 Å². The van der Waals surface area contributed by atoms with Crippen molar-refractivity contribution in [3.05, 3.63) is 65.4 Å². The quantitative estimate of drug-likeness (QED) is 0.468. The van der Waals surface area contributed by atoms with E-state index in [4.69, 9.17) is 14.9 Å². The van der Waals surface area contributed by atoms with Crippen LogP contribution in [0.3, 0.4) is 0 Å². The summed E-state index contributed by atoms with van der Waals surface area (Å²) in [5.74, 6) is 1.65. The zero-order chi connectivity index (χ0) is 22.9. The Morgan fingerprint density at radius 1 is 1.09 bits per heavy atom. The maximum Gasteiger partial charge on any atom is 0.416 e. The summed E-state index contributed by atoms with van der Waals surface area (Å²) in [7, 11) is 3.10. The number of hydrogen-bond acceptors (Lipinski definition) is 5. The Morgan fingerprint density at radius 2 is 1.91 bits per heavy atom. The number of methoxy groups -OCH3 is 2. The fourth-order valence-electron chi connectivity index (χ4n) is 3.43. The molecule has 4 rings (SSSR count). The zero-order valence-corrected chi connectivity index (χ0v) is 17.3. The number of aromatic amines is 1. The van der Waals surface area contributed by atoms with Crippen molar-refractivity contribution in [2.75, 3.05) is 14.2 Å². The van der Waals surface area contributed by atoms with E-state index in [1.54, 1.807) is 43.1 Å². The SMILES string of the molecule is COc1ccc(OC)c(-c2nc3c([nH]2)c(=N)ncn3CCc2cccc(C(F)(F)F)c2)c1. The minimum absolute atomic E-state index is 0.0101. The van der Waals surface area contributed by atoms with Crippen LogP contribution in [0.4, 0.5) is 13.2 Å². The average molecular weight is 443 g/mol. The highest BCUT2D eigenvalue weighted by Gasteiger charge is 2.30. The maximum absolute atomic E-state index is 13.0. The van der Waals surface area contributed by atoms with Gasteiger partial charge in [-0.15, -0.1) is 0 Å². The minimum atomic E-state index is -4.39. The number of nitrogens with one attached hydrogen (secondary N) is 2. The summed E-state index contributed by atoms with van der Waals surface area (Å²) in [6.45, 7) is 0.338. The number of ether oxygens (including phenoxy) is 2. The lowest BCUT2D eigenvalue weighted by Crippen LogP contribution is -2.14. The summed E-state index contributed by atoms with van der Waals surface area (Å²) < 4.78 is 51.4. The van der Waals surface area contributed by atoms with Crippen LogP contribution in [0, 0.1) is 5.41 Å². The van der Waals surface area contributed by atoms with Crippen molar-refractivity contribution in [1.29, 1.82) is 5.41 Å². The molecule has 0 amide bonds. The van der Waals surface area contributed by atoms with Gasteiger partial charge in [-0.05, 0) is 36.2 Å². The Labute approximate surface area is 181 Å². The van der Waals surface area contributed by atoms with Crippen LogP contribution in [-0.4, -0.2) is 33.7 Å². The summed E-state index contributed by atoms with van der Waals surface area (Å²) in [5.41, 5.74) is 1.40. The van der Waals surface area contributed by atoms with Crippen LogP contribution in [0.25, 0.3) is 22.6 Å². The molecule has 32 heavy (non-hydrogen) atoms. The molecule has 0 aliphatic carbocycles. The number of H-pyrrole nitrogens is 1. The number of alkyl halides is 3. The molecule has 0 saturated heterocycles. The van der Waals surface area contributed by atoms with Gasteiger partial charge in [-0.3, -0.25) is 5.41 Å². The van der Waals surface area contributed by atoms with E-state index in [1.807, 2.05) is 0 Å². The molecular weight excluding hydrogens is 423 g/mol. The summed E-state index contributed by atoms with van der Waals surface area (Å²) in [6, 6.07) is 10.5. The van der Waals surface area contributed by atoms with E-state index in [1.165, 1.54) is 12.4 Å². The van der Waals surface area contributed by atoms with Crippen molar-refractivity contribution in [2.24, 2.45) is 0 Å². The van der Waals surface area contributed by atoms with Gasteiger partial charge in [0.15, 0.2) is 11.1 Å². The van der Waals surface area contributed by atoms with Crippen LogP contribution in [0.1, 0.15) is 11.1 Å². The largest absolute Gasteiger partial charge is 0.497 e. The number of nitrogens with zero attached hydrogens (tertiary/aromatic N) is 3. The number of halogens is 3. The Kier molecular flexibility index (Phi) is 5.60. The van der Waals surface area contributed by atoms with Gasteiger partial charge in [-0.25, -0.2) is 9.97 Å². The van der Waals surface area contributed by atoms with Gasteiger partial charge in [-0.2, -0.15) is 13.2 Å². The third-order valence-electron chi connectivity index (χ3n) is 5.08. The predicted octanol–water partition coefficient (Wildman–Crippen LogP) is 4.18. The first-order valence-electron chi connectivity index (χ1n) is 9.68. The number of aromatic nitrogens is 4. The Bertz CT molecular complexity index is 1330.